The molecule has 2 unspecified atom stereocenters. The van der Waals surface area contributed by atoms with Gasteiger partial charge in [-0.05, 0) is 52.5 Å². The van der Waals surface area contributed by atoms with Crippen LogP contribution in [0.25, 0.3) is 5.57 Å². The summed E-state index contributed by atoms with van der Waals surface area (Å²) in [4.78, 5) is 10.6. The molecule has 0 spiro atoms. The number of hydrogen-bond acceptors (Lipinski definition) is 4. The molecule has 0 bridgehead atoms. The van der Waals surface area contributed by atoms with Gasteiger partial charge in [0.25, 0.3) is 0 Å². The van der Waals surface area contributed by atoms with E-state index in [9.17, 15) is 28.9 Å². The second-order valence-corrected chi connectivity index (χ2v) is 7.39. The van der Waals surface area contributed by atoms with Crippen molar-refractivity contribution in [2.75, 3.05) is 0 Å². The van der Waals surface area contributed by atoms with Gasteiger partial charge >= 0.3 is 29.6 Å². The number of carbonyl (C=O) groups is 1. The van der Waals surface area contributed by atoms with Crippen molar-refractivity contribution in [2.45, 2.75) is 38.9 Å². The van der Waals surface area contributed by atoms with Crippen LogP contribution >= 0.6 is 0 Å². The summed E-state index contributed by atoms with van der Waals surface area (Å²) in [5.74, 6) is -2.16. The number of halogens is 2. The Balaban J connectivity index is 0.00000480. The summed E-state index contributed by atoms with van der Waals surface area (Å²) in [5, 5.41) is 30.4. The Labute approximate surface area is 203 Å². The molecule has 0 aliphatic carbocycles. The fraction of sp³-hybridized carbons (Fsp3) is 0.292. The third kappa shape index (κ3) is 8.67. The molecule has 4 nitrogen and oxygen atoms in total. The Bertz CT molecular complexity index is 859. The summed E-state index contributed by atoms with van der Waals surface area (Å²) >= 11 is 0. The molecule has 0 amide bonds. The largest absolute Gasteiger partial charge is 1.00 e. The number of aliphatic hydroxyl groups is 2. The minimum absolute atomic E-state index is 0. The van der Waals surface area contributed by atoms with Crippen LogP contribution in [0.3, 0.4) is 0 Å². The van der Waals surface area contributed by atoms with Gasteiger partial charge in [-0.15, -0.1) is 0 Å². The molecule has 0 saturated carbocycles. The van der Waals surface area contributed by atoms with Gasteiger partial charge in [0, 0.05) is 18.8 Å². The fourth-order valence-electron chi connectivity index (χ4n) is 3.15. The molecule has 0 fully saturated rings. The topological polar surface area (TPSA) is 80.6 Å². The summed E-state index contributed by atoms with van der Waals surface area (Å²) in [6.45, 7) is 3.90. The van der Waals surface area contributed by atoms with Crippen LogP contribution in [-0.4, -0.2) is 28.4 Å². The Morgan fingerprint density at radius 2 is 1.42 bits per heavy atom. The Morgan fingerprint density at radius 1 is 0.968 bits per heavy atom. The molecular weight excluding hydrogens is 413 g/mol. The molecule has 2 aromatic carbocycles. The van der Waals surface area contributed by atoms with Crippen LogP contribution in [0.4, 0.5) is 8.78 Å². The van der Waals surface area contributed by atoms with E-state index < -0.39 is 24.6 Å². The summed E-state index contributed by atoms with van der Waals surface area (Å²) in [7, 11) is 0. The Kier molecular flexibility index (Phi) is 11.3. The maximum absolute atomic E-state index is 13.4. The van der Waals surface area contributed by atoms with Gasteiger partial charge in [-0.25, -0.2) is 8.78 Å². The Hall–Kier alpha value is -1.83. The molecule has 0 heterocycles. The van der Waals surface area contributed by atoms with Crippen molar-refractivity contribution in [3.05, 3.63) is 89.0 Å². The molecular formula is C24H25F2NaO4. The molecule has 160 valence electrons. The molecule has 7 heteroatoms. The average molecular weight is 438 g/mol. The quantitative estimate of drug-likeness (QED) is 0.434. The van der Waals surface area contributed by atoms with Crippen LogP contribution in [0.5, 0.6) is 0 Å². The SMILES string of the molecule is CC(C)C(/C=C/C(O)CC(O)CC(=O)[O-])=C(c1ccc(F)cc1)c1ccc(F)cc1.[Na+]. The van der Waals surface area contributed by atoms with E-state index in [4.69, 9.17) is 0 Å². The average Bonchev–Trinajstić information content (AvgIpc) is 2.66. The number of rotatable bonds is 9. The number of allylic oxidation sites excluding steroid dienone is 2. The monoisotopic (exact) mass is 438 g/mol. The Morgan fingerprint density at radius 3 is 1.81 bits per heavy atom. The number of carbonyl (C=O) groups excluding carboxylic acids is 1. The van der Waals surface area contributed by atoms with Crippen LogP contribution in [0.15, 0.2) is 66.3 Å². The zero-order valence-electron chi connectivity index (χ0n) is 17.9. The van der Waals surface area contributed by atoms with Gasteiger partial charge in [-0.2, -0.15) is 0 Å². The zero-order chi connectivity index (χ0) is 22.3. The van der Waals surface area contributed by atoms with Gasteiger partial charge in [-0.1, -0.05) is 50.3 Å². The molecule has 0 radical (unpaired) electrons. The summed E-state index contributed by atoms with van der Waals surface area (Å²) in [6.07, 6.45) is 0.154. The summed E-state index contributed by atoms with van der Waals surface area (Å²) in [6, 6.07) is 11.9. The fourth-order valence-corrected chi connectivity index (χ4v) is 3.15. The maximum Gasteiger partial charge on any atom is 1.00 e. The van der Waals surface area contributed by atoms with Crippen molar-refractivity contribution in [1.29, 1.82) is 0 Å². The second-order valence-electron chi connectivity index (χ2n) is 7.39. The third-order valence-corrected chi connectivity index (χ3v) is 4.59. The van der Waals surface area contributed by atoms with Crippen LogP contribution in [-0.2, 0) is 4.79 Å². The van der Waals surface area contributed by atoms with E-state index in [2.05, 4.69) is 0 Å². The molecule has 2 N–H and O–H groups in total. The molecule has 0 aliphatic heterocycles. The predicted octanol–water partition coefficient (Wildman–Crippen LogP) is 0.235. The number of benzene rings is 2. The van der Waals surface area contributed by atoms with E-state index in [-0.39, 0.29) is 53.5 Å². The number of hydrogen-bond donors (Lipinski definition) is 2. The molecule has 2 rings (SSSR count). The predicted molar refractivity (Wildman–Crippen MR) is 109 cm³/mol. The van der Waals surface area contributed by atoms with Gasteiger partial charge < -0.3 is 20.1 Å². The first-order chi connectivity index (χ1) is 14.2. The molecule has 2 atom stereocenters. The molecule has 0 aromatic heterocycles. The zero-order valence-corrected chi connectivity index (χ0v) is 19.9. The van der Waals surface area contributed by atoms with Crippen molar-refractivity contribution in [1.82, 2.24) is 0 Å². The van der Waals surface area contributed by atoms with Gasteiger partial charge in [0.2, 0.25) is 0 Å². The van der Waals surface area contributed by atoms with E-state index in [0.29, 0.717) is 0 Å². The van der Waals surface area contributed by atoms with Gasteiger partial charge in [0.15, 0.2) is 0 Å². The van der Waals surface area contributed by atoms with Crippen molar-refractivity contribution in [3.63, 3.8) is 0 Å². The first kappa shape index (κ1) is 27.2. The summed E-state index contributed by atoms with van der Waals surface area (Å²) in [5.41, 5.74) is 3.01. The van der Waals surface area contributed by atoms with E-state index in [1.807, 2.05) is 13.8 Å². The van der Waals surface area contributed by atoms with Gasteiger partial charge in [-0.3, -0.25) is 0 Å². The first-order valence-electron chi connectivity index (χ1n) is 9.67. The smallest absolute Gasteiger partial charge is 0.550 e. The van der Waals surface area contributed by atoms with Gasteiger partial charge in [0.05, 0.1) is 12.2 Å². The molecule has 0 saturated heterocycles. The van der Waals surface area contributed by atoms with Crippen molar-refractivity contribution >= 4 is 11.5 Å². The van der Waals surface area contributed by atoms with E-state index in [1.165, 1.54) is 30.3 Å². The van der Waals surface area contributed by atoms with Crippen LogP contribution < -0.4 is 34.7 Å². The normalized spacial score (nSPS) is 13.0. The second kappa shape index (κ2) is 12.9. The minimum Gasteiger partial charge on any atom is -0.550 e. The van der Waals surface area contributed by atoms with Gasteiger partial charge in [0.1, 0.15) is 11.6 Å². The van der Waals surface area contributed by atoms with Crippen LogP contribution in [0.1, 0.15) is 37.8 Å². The number of aliphatic carboxylic acids is 1. The number of carboxylic acids is 1. The van der Waals surface area contributed by atoms with Crippen LogP contribution in [0, 0.1) is 17.6 Å². The molecule has 2 aromatic rings. The molecule has 0 aliphatic rings. The van der Waals surface area contributed by atoms with Crippen LogP contribution in [0.2, 0.25) is 0 Å². The number of aliphatic hydroxyl groups excluding tert-OH is 2. The van der Waals surface area contributed by atoms with Crippen molar-refractivity contribution in [3.8, 4) is 0 Å². The van der Waals surface area contributed by atoms with Crippen molar-refractivity contribution < 1.29 is 58.5 Å². The van der Waals surface area contributed by atoms with E-state index >= 15 is 0 Å². The molecule has 31 heavy (non-hydrogen) atoms. The third-order valence-electron chi connectivity index (χ3n) is 4.59. The standard InChI is InChI=1S/C24H26F2O4.Na/c1-15(2)22(12-11-20(27)13-21(28)14-23(29)30)24(16-3-7-18(25)8-4-16)17-5-9-19(26)10-6-17;/h3-12,15,20-21,27-28H,13-14H2,1-2H3,(H,29,30);/q;+1/p-1/b12-11+;. The minimum atomic E-state index is -1.39. The van der Waals surface area contributed by atoms with E-state index in [1.54, 1.807) is 30.3 Å². The summed E-state index contributed by atoms with van der Waals surface area (Å²) < 4.78 is 26.9. The van der Waals surface area contributed by atoms with Crippen molar-refractivity contribution in [2.24, 2.45) is 5.92 Å². The number of carboxylic acid groups (broad SMARTS) is 1. The maximum atomic E-state index is 13.4. The first-order valence-corrected chi connectivity index (χ1v) is 9.67. The van der Waals surface area contributed by atoms with E-state index in [0.717, 1.165) is 22.3 Å².